The standard InChI is InChI=1S/C19H21NO4/c1-13-4-6-16(14(2)8-13)22-11-19(21)20(3)10-15-5-7-17-18(9-15)24-12-23-17/h4-9H,10-12H2,1-3H3. The SMILES string of the molecule is Cc1ccc(OCC(=O)N(C)Cc2ccc3c(c2)OCO3)c(C)c1. The van der Waals surface area contributed by atoms with Crippen molar-refractivity contribution in [3.05, 3.63) is 53.1 Å². The van der Waals surface area contributed by atoms with E-state index in [1.807, 2.05) is 50.2 Å². The number of aryl methyl sites for hydroxylation is 2. The second-order valence-corrected chi connectivity index (χ2v) is 6.00. The van der Waals surface area contributed by atoms with E-state index in [2.05, 4.69) is 0 Å². The van der Waals surface area contributed by atoms with Crippen LogP contribution >= 0.6 is 0 Å². The summed E-state index contributed by atoms with van der Waals surface area (Å²) in [6.07, 6.45) is 0. The zero-order valence-electron chi connectivity index (χ0n) is 14.2. The second kappa shape index (κ2) is 6.83. The number of likely N-dealkylation sites (N-methyl/N-ethyl adjacent to an activating group) is 1. The van der Waals surface area contributed by atoms with Crippen LogP contribution in [0, 0.1) is 13.8 Å². The van der Waals surface area contributed by atoms with Crippen molar-refractivity contribution in [3.63, 3.8) is 0 Å². The highest BCUT2D eigenvalue weighted by Gasteiger charge is 2.16. The third-order valence-electron chi connectivity index (χ3n) is 3.96. The van der Waals surface area contributed by atoms with Gasteiger partial charge in [-0.3, -0.25) is 4.79 Å². The Hall–Kier alpha value is -2.69. The molecule has 0 bridgehead atoms. The number of amides is 1. The molecule has 2 aromatic carbocycles. The average Bonchev–Trinajstić information content (AvgIpc) is 3.01. The minimum atomic E-state index is -0.0763. The van der Waals surface area contributed by atoms with Crippen LogP contribution in [0.5, 0.6) is 17.2 Å². The third-order valence-corrected chi connectivity index (χ3v) is 3.96. The van der Waals surface area contributed by atoms with Crippen molar-refractivity contribution in [1.82, 2.24) is 4.90 Å². The van der Waals surface area contributed by atoms with E-state index in [-0.39, 0.29) is 19.3 Å². The Morgan fingerprint density at radius 3 is 2.71 bits per heavy atom. The quantitative estimate of drug-likeness (QED) is 0.847. The van der Waals surface area contributed by atoms with Gasteiger partial charge in [0.2, 0.25) is 6.79 Å². The van der Waals surface area contributed by atoms with Gasteiger partial charge in [-0.05, 0) is 43.2 Å². The summed E-state index contributed by atoms with van der Waals surface area (Å²) in [4.78, 5) is 13.9. The highest BCUT2D eigenvalue weighted by Crippen LogP contribution is 2.32. The Balaban J connectivity index is 1.56. The van der Waals surface area contributed by atoms with Crippen LogP contribution in [0.2, 0.25) is 0 Å². The lowest BCUT2D eigenvalue weighted by Gasteiger charge is -2.18. The van der Waals surface area contributed by atoms with Crippen molar-refractivity contribution < 1.29 is 19.0 Å². The number of carbonyl (C=O) groups excluding carboxylic acids is 1. The van der Waals surface area contributed by atoms with Gasteiger partial charge in [-0.2, -0.15) is 0 Å². The smallest absolute Gasteiger partial charge is 0.260 e. The largest absolute Gasteiger partial charge is 0.484 e. The van der Waals surface area contributed by atoms with E-state index in [1.54, 1.807) is 11.9 Å². The van der Waals surface area contributed by atoms with Crippen LogP contribution < -0.4 is 14.2 Å². The Morgan fingerprint density at radius 1 is 1.12 bits per heavy atom. The monoisotopic (exact) mass is 327 g/mol. The Bertz CT molecular complexity index is 757. The first-order valence-corrected chi connectivity index (χ1v) is 7.85. The third kappa shape index (κ3) is 3.62. The van der Waals surface area contributed by atoms with Crippen LogP contribution in [0.3, 0.4) is 0 Å². The van der Waals surface area contributed by atoms with Gasteiger partial charge < -0.3 is 19.1 Å². The van der Waals surface area contributed by atoms with Gasteiger partial charge in [0.15, 0.2) is 18.1 Å². The Morgan fingerprint density at radius 2 is 1.92 bits per heavy atom. The van der Waals surface area contributed by atoms with Crippen LogP contribution in [0.4, 0.5) is 0 Å². The summed E-state index contributed by atoms with van der Waals surface area (Å²) in [5, 5.41) is 0. The van der Waals surface area contributed by atoms with Gasteiger partial charge in [-0.1, -0.05) is 23.8 Å². The van der Waals surface area contributed by atoms with Crippen molar-refractivity contribution >= 4 is 5.91 Å². The van der Waals surface area contributed by atoms with Crippen LogP contribution in [0.15, 0.2) is 36.4 Å². The molecular formula is C19H21NO4. The first kappa shape index (κ1) is 16.2. The maximum Gasteiger partial charge on any atom is 0.260 e. The molecule has 3 rings (SSSR count). The number of rotatable bonds is 5. The fraction of sp³-hybridized carbons (Fsp3) is 0.316. The fourth-order valence-corrected chi connectivity index (χ4v) is 2.61. The molecule has 0 saturated carbocycles. The lowest BCUT2D eigenvalue weighted by Crippen LogP contribution is -2.31. The van der Waals surface area contributed by atoms with Gasteiger partial charge in [0.05, 0.1) is 0 Å². The van der Waals surface area contributed by atoms with Crippen molar-refractivity contribution in [3.8, 4) is 17.2 Å². The molecule has 1 amide bonds. The molecule has 24 heavy (non-hydrogen) atoms. The molecule has 5 heteroatoms. The lowest BCUT2D eigenvalue weighted by atomic mass is 10.1. The summed E-state index contributed by atoms with van der Waals surface area (Å²) < 4.78 is 16.3. The molecule has 5 nitrogen and oxygen atoms in total. The first-order chi connectivity index (χ1) is 11.5. The minimum absolute atomic E-state index is 0.0188. The van der Waals surface area contributed by atoms with Gasteiger partial charge in [0.1, 0.15) is 5.75 Å². The highest BCUT2D eigenvalue weighted by molar-refractivity contribution is 5.77. The van der Waals surface area contributed by atoms with E-state index in [0.717, 1.165) is 28.4 Å². The Kier molecular flexibility index (Phi) is 4.60. The summed E-state index contributed by atoms with van der Waals surface area (Å²) in [6, 6.07) is 11.6. The summed E-state index contributed by atoms with van der Waals surface area (Å²) in [6.45, 7) is 4.76. The summed E-state index contributed by atoms with van der Waals surface area (Å²) in [7, 11) is 1.76. The Labute approximate surface area is 141 Å². The topological polar surface area (TPSA) is 48.0 Å². The number of nitrogens with zero attached hydrogens (tertiary/aromatic N) is 1. The molecule has 1 heterocycles. The van der Waals surface area contributed by atoms with Crippen LogP contribution in [-0.4, -0.2) is 31.3 Å². The molecule has 2 aromatic rings. The minimum Gasteiger partial charge on any atom is -0.484 e. The number of fused-ring (bicyclic) bond motifs is 1. The van der Waals surface area contributed by atoms with Crippen molar-refractivity contribution in [1.29, 1.82) is 0 Å². The number of hydrogen-bond donors (Lipinski definition) is 0. The van der Waals surface area contributed by atoms with Gasteiger partial charge in [-0.15, -0.1) is 0 Å². The van der Waals surface area contributed by atoms with Gasteiger partial charge >= 0.3 is 0 Å². The molecule has 0 saturated heterocycles. The lowest BCUT2D eigenvalue weighted by molar-refractivity contribution is -0.132. The molecule has 126 valence electrons. The number of carbonyl (C=O) groups is 1. The molecular weight excluding hydrogens is 306 g/mol. The van der Waals surface area contributed by atoms with E-state index in [4.69, 9.17) is 14.2 Å². The van der Waals surface area contributed by atoms with Crippen LogP contribution in [0.1, 0.15) is 16.7 Å². The first-order valence-electron chi connectivity index (χ1n) is 7.85. The molecule has 0 spiro atoms. The summed E-state index contributed by atoms with van der Waals surface area (Å²) in [5.41, 5.74) is 3.19. The van der Waals surface area contributed by atoms with Crippen molar-refractivity contribution in [2.75, 3.05) is 20.4 Å². The maximum absolute atomic E-state index is 12.3. The number of benzene rings is 2. The highest BCUT2D eigenvalue weighted by atomic mass is 16.7. The molecule has 0 radical (unpaired) electrons. The van der Waals surface area contributed by atoms with Crippen molar-refractivity contribution in [2.45, 2.75) is 20.4 Å². The molecule has 0 fully saturated rings. The van der Waals surface area contributed by atoms with Gasteiger partial charge in [0.25, 0.3) is 5.91 Å². The molecule has 1 aliphatic heterocycles. The molecule has 0 atom stereocenters. The molecule has 0 aromatic heterocycles. The van der Waals surface area contributed by atoms with Crippen LogP contribution in [0.25, 0.3) is 0 Å². The fourth-order valence-electron chi connectivity index (χ4n) is 2.61. The average molecular weight is 327 g/mol. The zero-order valence-corrected chi connectivity index (χ0v) is 14.2. The van der Waals surface area contributed by atoms with E-state index in [9.17, 15) is 4.79 Å². The number of ether oxygens (including phenoxy) is 3. The summed E-state index contributed by atoms with van der Waals surface area (Å²) in [5.74, 6) is 2.13. The predicted molar refractivity (Wildman–Crippen MR) is 90.5 cm³/mol. The maximum atomic E-state index is 12.3. The molecule has 0 aliphatic carbocycles. The van der Waals surface area contributed by atoms with Crippen molar-refractivity contribution in [2.24, 2.45) is 0 Å². The molecule has 0 N–H and O–H groups in total. The van der Waals surface area contributed by atoms with E-state index in [0.29, 0.717) is 6.54 Å². The molecule has 0 unspecified atom stereocenters. The van der Waals surface area contributed by atoms with Gasteiger partial charge in [-0.25, -0.2) is 0 Å². The predicted octanol–water partition coefficient (Wildman–Crippen LogP) is 3.07. The van der Waals surface area contributed by atoms with E-state index >= 15 is 0 Å². The second-order valence-electron chi connectivity index (χ2n) is 6.00. The van der Waals surface area contributed by atoms with E-state index in [1.165, 1.54) is 5.56 Å². The molecule has 1 aliphatic rings. The normalized spacial score (nSPS) is 12.1. The zero-order chi connectivity index (χ0) is 17.1. The van der Waals surface area contributed by atoms with Gasteiger partial charge in [0, 0.05) is 13.6 Å². The van der Waals surface area contributed by atoms with E-state index < -0.39 is 0 Å². The number of hydrogen-bond acceptors (Lipinski definition) is 4. The summed E-state index contributed by atoms with van der Waals surface area (Å²) >= 11 is 0. The van der Waals surface area contributed by atoms with Crippen LogP contribution in [-0.2, 0) is 11.3 Å².